The van der Waals surface area contributed by atoms with Crippen LogP contribution >= 0.6 is 0 Å². The van der Waals surface area contributed by atoms with Gasteiger partial charge in [-0.1, -0.05) is 34.6 Å². The van der Waals surface area contributed by atoms with Gasteiger partial charge in [0, 0.05) is 12.8 Å². The molecule has 0 spiro atoms. The summed E-state index contributed by atoms with van der Waals surface area (Å²) >= 11 is 0. The number of hydrogen-bond donors (Lipinski definition) is 2. The molecule has 5 heteroatoms. The summed E-state index contributed by atoms with van der Waals surface area (Å²) in [5.74, 6) is 1.36. The Morgan fingerprint density at radius 3 is 2.14 bits per heavy atom. The van der Waals surface area contributed by atoms with Crippen LogP contribution in [-0.4, -0.2) is 45.7 Å². The Morgan fingerprint density at radius 2 is 1.54 bits per heavy atom. The van der Waals surface area contributed by atoms with E-state index in [1.165, 1.54) is 6.42 Å². The van der Waals surface area contributed by atoms with Crippen molar-refractivity contribution >= 4 is 5.97 Å². The van der Waals surface area contributed by atoms with Gasteiger partial charge in [0.2, 0.25) is 0 Å². The number of carbonyl (C=O) groups is 1. The molecule has 0 bridgehead atoms. The second kappa shape index (κ2) is 8.43. The molecule has 0 aromatic rings. The number of carbonyl (C=O) groups excluding carboxylic acids is 1. The van der Waals surface area contributed by atoms with Crippen molar-refractivity contribution in [2.75, 3.05) is 0 Å². The smallest absolute Gasteiger partial charge is 0.302 e. The average molecular weight is 519 g/mol. The first-order chi connectivity index (χ1) is 16.9. The standard InChI is InChI=1S/C32H54O5/c1-19(33)36-22-18-21-20(32(9)17-13-25(37-32)28(4,5)35)10-15-30(21,7)31(8)16-11-23-27(2,3)24(34)12-14-29(23,6)26(22)31/h20-26,34-35H,10-18H2,1-9H3/t20-,21+,22?,23?,24-,25-,26?,29-,30+,31+,32+/m0/s1. The lowest BCUT2D eigenvalue weighted by Crippen LogP contribution is -2.68. The van der Waals surface area contributed by atoms with Gasteiger partial charge in [-0.2, -0.15) is 0 Å². The molecular formula is C32H54O5. The highest BCUT2D eigenvalue weighted by molar-refractivity contribution is 5.66. The first-order valence-corrected chi connectivity index (χ1v) is 15.2. The number of ether oxygens (including phenoxy) is 2. The van der Waals surface area contributed by atoms with Crippen molar-refractivity contribution in [1.29, 1.82) is 0 Å². The number of hydrogen-bond acceptors (Lipinski definition) is 5. The highest BCUT2D eigenvalue weighted by Gasteiger charge is 2.72. The van der Waals surface area contributed by atoms with Crippen molar-refractivity contribution in [3.63, 3.8) is 0 Å². The molecule has 5 nitrogen and oxygen atoms in total. The molecule has 11 atom stereocenters. The topological polar surface area (TPSA) is 76.0 Å². The molecule has 1 saturated heterocycles. The molecule has 212 valence electrons. The molecule has 1 aliphatic heterocycles. The minimum atomic E-state index is -0.838. The van der Waals surface area contributed by atoms with E-state index in [1.807, 2.05) is 13.8 Å². The van der Waals surface area contributed by atoms with E-state index >= 15 is 0 Å². The molecule has 4 aliphatic carbocycles. The van der Waals surface area contributed by atoms with Gasteiger partial charge in [0.1, 0.15) is 6.10 Å². The predicted octanol–water partition coefficient (Wildman–Crippen LogP) is 6.28. The second-order valence-corrected chi connectivity index (χ2v) is 16.0. The van der Waals surface area contributed by atoms with Gasteiger partial charge in [-0.05, 0) is 118 Å². The third kappa shape index (κ3) is 3.83. The van der Waals surface area contributed by atoms with Crippen LogP contribution in [0.25, 0.3) is 0 Å². The lowest BCUT2D eigenvalue weighted by molar-refractivity contribution is -0.261. The van der Waals surface area contributed by atoms with Crippen molar-refractivity contribution < 1.29 is 24.5 Å². The molecule has 0 aromatic carbocycles. The van der Waals surface area contributed by atoms with Crippen LogP contribution in [0, 0.1) is 45.3 Å². The largest absolute Gasteiger partial charge is 0.462 e. The molecule has 3 unspecified atom stereocenters. The van der Waals surface area contributed by atoms with E-state index in [0.29, 0.717) is 17.8 Å². The van der Waals surface area contributed by atoms with Crippen LogP contribution in [0.15, 0.2) is 0 Å². The molecule has 0 radical (unpaired) electrons. The molecule has 37 heavy (non-hydrogen) atoms. The van der Waals surface area contributed by atoms with Crippen LogP contribution in [0.2, 0.25) is 0 Å². The van der Waals surface area contributed by atoms with Crippen molar-refractivity contribution in [2.24, 2.45) is 45.3 Å². The lowest BCUT2D eigenvalue weighted by Gasteiger charge is -2.71. The van der Waals surface area contributed by atoms with Crippen molar-refractivity contribution in [3.8, 4) is 0 Å². The summed E-state index contributed by atoms with van der Waals surface area (Å²) in [4.78, 5) is 12.5. The van der Waals surface area contributed by atoms with Gasteiger partial charge in [0.25, 0.3) is 0 Å². The first kappa shape index (κ1) is 27.9. The molecule has 1 heterocycles. The average Bonchev–Trinajstić information content (AvgIpc) is 3.33. The molecular weight excluding hydrogens is 464 g/mol. The van der Waals surface area contributed by atoms with Crippen LogP contribution in [0.4, 0.5) is 0 Å². The summed E-state index contributed by atoms with van der Waals surface area (Å²) in [5, 5.41) is 21.7. The van der Waals surface area contributed by atoms with E-state index < -0.39 is 5.60 Å². The summed E-state index contributed by atoms with van der Waals surface area (Å²) in [6.45, 7) is 19.7. The Balaban J connectivity index is 1.54. The fourth-order valence-corrected chi connectivity index (χ4v) is 11.4. The molecule has 5 aliphatic rings. The highest BCUT2D eigenvalue weighted by atomic mass is 16.5. The van der Waals surface area contributed by atoms with Gasteiger partial charge in [0.05, 0.1) is 23.4 Å². The lowest BCUT2D eigenvalue weighted by atomic mass is 9.35. The van der Waals surface area contributed by atoms with Crippen LogP contribution in [0.1, 0.15) is 120 Å². The Bertz CT molecular complexity index is 923. The second-order valence-electron chi connectivity index (χ2n) is 16.0. The normalized spacial score (nSPS) is 53.2. The maximum absolute atomic E-state index is 12.5. The van der Waals surface area contributed by atoms with Gasteiger partial charge < -0.3 is 19.7 Å². The number of rotatable bonds is 3. The first-order valence-electron chi connectivity index (χ1n) is 15.2. The molecule has 4 saturated carbocycles. The van der Waals surface area contributed by atoms with E-state index in [1.54, 1.807) is 6.92 Å². The number of fused-ring (bicyclic) bond motifs is 5. The minimum absolute atomic E-state index is 0.0294. The van der Waals surface area contributed by atoms with Crippen LogP contribution < -0.4 is 0 Å². The summed E-state index contributed by atoms with van der Waals surface area (Å²) in [5.41, 5.74) is -1.00. The number of aliphatic hydroxyl groups excluding tert-OH is 1. The van der Waals surface area contributed by atoms with Crippen molar-refractivity contribution in [3.05, 3.63) is 0 Å². The van der Waals surface area contributed by atoms with Crippen LogP contribution in [0.5, 0.6) is 0 Å². The van der Waals surface area contributed by atoms with Gasteiger partial charge in [-0.3, -0.25) is 4.79 Å². The quantitative estimate of drug-likeness (QED) is 0.430. The Kier molecular flexibility index (Phi) is 6.35. The Labute approximate surface area is 225 Å². The van der Waals surface area contributed by atoms with Crippen molar-refractivity contribution in [1.82, 2.24) is 0 Å². The van der Waals surface area contributed by atoms with Gasteiger partial charge in [-0.25, -0.2) is 0 Å². The van der Waals surface area contributed by atoms with Crippen molar-refractivity contribution in [2.45, 2.75) is 150 Å². The van der Waals surface area contributed by atoms with Crippen LogP contribution in [0.3, 0.4) is 0 Å². The predicted molar refractivity (Wildman–Crippen MR) is 145 cm³/mol. The maximum atomic E-state index is 12.5. The molecule has 0 amide bonds. The summed E-state index contributed by atoms with van der Waals surface area (Å²) in [7, 11) is 0. The molecule has 5 fully saturated rings. The van der Waals surface area contributed by atoms with Gasteiger partial charge in [0.15, 0.2) is 0 Å². The summed E-state index contributed by atoms with van der Waals surface area (Å²) in [6, 6.07) is 0. The zero-order valence-electron chi connectivity index (χ0n) is 25.0. The number of esters is 1. The summed E-state index contributed by atoms with van der Waals surface area (Å²) in [6.07, 6.45) is 8.65. The third-order valence-corrected chi connectivity index (χ3v) is 13.5. The fraction of sp³-hybridized carbons (Fsp3) is 0.969. The van der Waals surface area contributed by atoms with E-state index in [2.05, 4.69) is 41.5 Å². The van der Waals surface area contributed by atoms with Gasteiger partial charge >= 0.3 is 5.97 Å². The minimum Gasteiger partial charge on any atom is -0.462 e. The van der Waals surface area contributed by atoms with E-state index in [0.717, 1.165) is 51.4 Å². The van der Waals surface area contributed by atoms with E-state index in [4.69, 9.17) is 9.47 Å². The zero-order valence-corrected chi connectivity index (χ0v) is 25.0. The third-order valence-electron chi connectivity index (χ3n) is 13.5. The Hall–Kier alpha value is -0.650. The summed E-state index contributed by atoms with van der Waals surface area (Å²) < 4.78 is 13.1. The van der Waals surface area contributed by atoms with E-state index in [-0.39, 0.29) is 57.5 Å². The maximum Gasteiger partial charge on any atom is 0.302 e. The fourth-order valence-electron chi connectivity index (χ4n) is 11.4. The monoisotopic (exact) mass is 518 g/mol. The molecule has 2 N–H and O–H groups in total. The zero-order chi connectivity index (χ0) is 27.4. The molecule has 5 rings (SSSR count). The highest BCUT2D eigenvalue weighted by Crippen LogP contribution is 2.76. The molecule has 0 aromatic heterocycles. The van der Waals surface area contributed by atoms with Crippen LogP contribution in [-0.2, 0) is 14.3 Å². The number of aliphatic hydroxyl groups is 2. The Morgan fingerprint density at radius 1 is 0.892 bits per heavy atom. The SMILES string of the molecule is CC(=O)OC1C[C@@H]2[C@@H]([C@@]3(C)CC[C@@H](C(C)(C)O)O3)CC[C@@]2(C)[C@]2(C)CCC3C(C)(C)[C@@H](O)CC[C@]3(C)C12. The van der Waals surface area contributed by atoms with Gasteiger partial charge in [-0.15, -0.1) is 0 Å². The van der Waals surface area contributed by atoms with E-state index in [9.17, 15) is 15.0 Å².